The molecular formula is C12H8N2O2. The van der Waals surface area contributed by atoms with Gasteiger partial charge in [0.1, 0.15) is 11.6 Å². The third kappa shape index (κ3) is 1.79. The van der Waals surface area contributed by atoms with Gasteiger partial charge in [0.05, 0.1) is 0 Å². The Morgan fingerprint density at radius 3 is 2.81 bits per heavy atom. The van der Waals surface area contributed by atoms with Crippen LogP contribution in [0.2, 0.25) is 0 Å². The SMILES string of the molecule is N#CC(=Cc1cc2ccccc2[nH]1)C(=O)O. The van der Waals surface area contributed by atoms with Crippen LogP contribution in [0, 0.1) is 11.3 Å². The lowest BCUT2D eigenvalue weighted by atomic mass is 10.2. The number of aromatic amines is 1. The van der Waals surface area contributed by atoms with Crippen molar-refractivity contribution in [3.63, 3.8) is 0 Å². The molecule has 0 fully saturated rings. The van der Waals surface area contributed by atoms with E-state index < -0.39 is 5.97 Å². The Labute approximate surface area is 91.4 Å². The van der Waals surface area contributed by atoms with Crippen molar-refractivity contribution in [3.05, 3.63) is 41.6 Å². The fourth-order valence-corrected chi connectivity index (χ4v) is 1.47. The van der Waals surface area contributed by atoms with E-state index in [2.05, 4.69) is 4.98 Å². The molecule has 1 heterocycles. The molecule has 0 saturated heterocycles. The van der Waals surface area contributed by atoms with E-state index in [-0.39, 0.29) is 5.57 Å². The number of H-pyrrole nitrogens is 1. The number of nitriles is 1. The van der Waals surface area contributed by atoms with Gasteiger partial charge in [0.2, 0.25) is 0 Å². The summed E-state index contributed by atoms with van der Waals surface area (Å²) in [7, 11) is 0. The molecule has 2 N–H and O–H groups in total. The lowest BCUT2D eigenvalue weighted by Gasteiger charge is -1.88. The Hall–Kier alpha value is -2.54. The maximum absolute atomic E-state index is 10.6. The molecule has 1 aromatic carbocycles. The lowest BCUT2D eigenvalue weighted by Crippen LogP contribution is -1.97. The van der Waals surface area contributed by atoms with Gasteiger partial charge in [-0.15, -0.1) is 0 Å². The molecule has 4 nitrogen and oxygen atoms in total. The van der Waals surface area contributed by atoms with Crippen LogP contribution in [-0.2, 0) is 4.79 Å². The zero-order chi connectivity index (χ0) is 11.5. The van der Waals surface area contributed by atoms with E-state index in [0.29, 0.717) is 5.69 Å². The number of nitrogens with zero attached hydrogens (tertiary/aromatic N) is 1. The predicted molar refractivity (Wildman–Crippen MR) is 59.5 cm³/mol. The number of benzene rings is 1. The summed E-state index contributed by atoms with van der Waals surface area (Å²) in [4.78, 5) is 13.7. The summed E-state index contributed by atoms with van der Waals surface area (Å²) < 4.78 is 0. The van der Waals surface area contributed by atoms with Gasteiger partial charge < -0.3 is 10.1 Å². The van der Waals surface area contributed by atoms with E-state index in [1.54, 1.807) is 12.1 Å². The van der Waals surface area contributed by atoms with Crippen molar-refractivity contribution in [1.82, 2.24) is 4.98 Å². The highest BCUT2D eigenvalue weighted by Crippen LogP contribution is 2.16. The van der Waals surface area contributed by atoms with Gasteiger partial charge in [0.15, 0.2) is 0 Å². The number of aliphatic carboxylic acids is 1. The summed E-state index contributed by atoms with van der Waals surface area (Å²) in [6.45, 7) is 0. The molecule has 0 spiro atoms. The average Bonchev–Trinajstić information content (AvgIpc) is 2.67. The minimum absolute atomic E-state index is 0.286. The Bertz CT molecular complexity index is 584. The second kappa shape index (κ2) is 3.91. The summed E-state index contributed by atoms with van der Waals surface area (Å²) in [5.74, 6) is -1.22. The Morgan fingerprint density at radius 1 is 1.44 bits per heavy atom. The number of carboxylic acids is 1. The van der Waals surface area contributed by atoms with E-state index in [1.807, 2.05) is 24.3 Å². The molecule has 0 atom stereocenters. The van der Waals surface area contributed by atoms with Crippen molar-refractivity contribution < 1.29 is 9.90 Å². The summed E-state index contributed by atoms with van der Waals surface area (Å²) in [6.07, 6.45) is 1.32. The van der Waals surface area contributed by atoms with E-state index in [0.717, 1.165) is 10.9 Å². The molecule has 0 aliphatic carbocycles. The van der Waals surface area contributed by atoms with Crippen molar-refractivity contribution >= 4 is 22.9 Å². The minimum atomic E-state index is -1.22. The smallest absolute Gasteiger partial charge is 0.346 e. The molecular weight excluding hydrogens is 204 g/mol. The van der Waals surface area contributed by atoms with E-state index in [4.69, 9.17) is 10.4 Å². The number of nitrogens with one attached hydrogen (secondary N) is 1. The average molecular weight is 212 g/mol. The molecule has 1 aromatic heterocycles. The van der Waals surface area contributed by atoms with Crippen LogP contribution in [0.15, 0.2) is 35.9 Å². The Morgan fingerprint density at radius 2 is 2.19 bits per heavy atom. The molecule has 0 amide bonds. The third-order valence-corrected chi connectivity index (χ3v) is 2.20. The van der Waals surface area contributed by atoms with Crippen LogP contribution in [0.3, 0.4) is 0 Å². The zero-order valence-electron chi connectivity index (χ0n) is 8.27. The summed E-state index contributed by atoms with van der Waals surface area (Å²) >= 11 is 0. The normalized spacial score (nSPS) is 11.3. The molecule has 16 heavy (non-hydrogen) atoms. The Kier molecular flexibility index (Phi) is 2.44. The predicted octanol–water partition coefficient (Wildman–Crippen LogP) is 2.16. The number of aromatic nitrogens is 1. The zero-order valence-corrected chi connectivity index (χ0v) is 8.27. The molecule has 0 aliphatic heterocycles. The first-order chi connectivity index (χ1) is 7.70. The second-order valence-corrected chi connectivity index (χ2v) is 3.29. The highest BCUT2D eigenvalue weighted by Gasteiger charge is 2.06. The first kappa shape index (κ1) is 9.99. The molecule has 2 aromatic rings. The number of para-hydroxylation sites is 1. The van der Waals surface area contributed by atoms with Crippen molar-refractivity contribution in [2.24, 2.45) is 0 Å². The highest BCUT2D eigenvalue weighted by atomic mass is 16.4. The summed E-state index contributed by atoms with van der Waals surface area (Å²) in [6, 6.07) is 11.0. The van der Waals surface area contributed by atoms with Gasteiger partial charge in [-0.05, 0) is 23.6 Å². The fourth-order valence-electron chi connectivity index (χ4n) is 1.47. The van der Waals surface area contributed by atoms with E-state index >= 15 is 0 Å². The monoisotopic (exact) mass is 212 g/mol. The first-order valence-electron chi connectivity index (χ1n) is 4.63. The maximum Gasteiger partial charge on any atom is 0.346 e. The van der Waals surface area contributed by atoms with Gasteiger partial charge in [0, 0.05) is 11.2 Å². The van der Waals surface area contributed by atoms with Crippen LogP contribution < -0.4 is 0 Å². The number of hydrogen-bond acceptors (Lipinski definition) is 2. The summed E-state index contributed by atoms with van der Waals surface area (Å²) in [5, 5.41) is 18.3. The van der Waals surface area contributed by atoms with Gasteiger partial charge in [-0.1, -0.05) is 18.2 Å². The largest absolute Gasteiger partial charge is 0.477 e. The van der Waals surface area contributed by atoms with Crippen molar-refractivity contribution in [3.8, 4) is 6.07 Å². The van der Waals surface area contributed by atoms with Gasteiger partial charge >= 0.3 is 5.97 Å². The standard InChI is InChI=1S/C12H8N2O2/c13-7-9(12(15)16)6-10-5-8-3-1-2-4-11(8)14-10/h1-6,14H,(H,15,16). The molecule has 0 saturated carbocycles. The maximum atomic E-state index is 10.6. The quantitative estimate of drug-likeness (QED) is 0.591. The molecule has 4 heteroatoms. The fraction of sp³-hybridized carbons (Fsp3) is 0. The van der Waals surface area contributed by atoms with Gasteiger partial charge in [-0.2, -0.15) is 5.26 Å². The van der Waals surface area contributed by atoms with Gasteiger partial charge in [-0.25, -0.2) is 4.79 Å². The number of rotatable bonds is 2. The number of carboxylic acid groups (broad SMARTS) is 1. The van der Waals surface area contributed by atoms with Crippen molar-refractivity contribution in [2.45, 2.75) is 0 Å². The van der Waals surface area contributed by atoms with Crippen molar-refractivity contribution in [1.29, 1.82) is 5.26 Å². The van der Waals surface area contributed by atoms with Crippen LogP contribution in [0.5, 0.6) is 0 Å². The molecule has 0 radical (unpaired) electrons. The highest BCUT2D eigenvalue weighted by molar-refractivity contribution is 5.97. The second-order valence-electron chi connectivity index (χ2n) is 3.29. The van der Waals surface area contributed by atoms with Gasteiger partial charge in [0.25, 0.3) is 0 Å². The number of hydrogen-bond donors (Lipinski definition) is 2. The molecule has 0 bridgehead atoms. The molecule has 0 unspecified atom stereocenters. The third-order valence-electron chi connectivity index (χ3n) is 2.20. The van der Waals surface area contributed by atoms with E-state index in [9.17, 15) is 4.79 Å². The Balaban J connectivity index is 2.49. The van der Waals surface area contributed by atoms with E-state index in [1.165, 1.54) is 6.08 Å². The van der Waals surface area contributed by atoms with Crippen LogP contribution in [-0.4, -0.2) is 16.1 Å². The lowest BCUT2D eigenvalue weighted by molar-refractivity contribution is -0.132. The molecule has 78 valence electrons. The van der Waals surface area contributed by atoms with Gasteiger partial charge in [-0.3, -0.25) is 0 Å². The van der Waals surface area contributed by atoms with Crippen LogP contribution in [0.25, 0.3) is 17.0 Å². The molecule has 2 rings (SSSR count). The number of fused-ring (bicyclic) bond motifs is 1. The first-order valence-corrected chi connectivity index (χ1v) is 4.63. The number of carbonyl (C=O) groups is 1. The van der Waals surface area contributed by atoms with Crippen LogP contribution >= 0.6 is 0 Å². The minimum Gasteiger partial charge on any atom is -0.477 e. The van der Waals surface area contributed by atoms with Crippen LogP contribution in [0.4, 0.5) is 0 Å². The summed E-state index contributed by atoms with van der Waals surface area (Å²) in [5.41, 5.74) is 1.24. The van der Waals surface area contributed by atoms with Crippen LogP contribution in [0.1, 0.15) is 5.69 Å². The molecule has 0 aliphatic rings. The van der Waals surface area contributed by atoms with Crippen molar-refractivity contribution in [2.75, 3.05) is 0 Å². The topological polar surface area (TPSA) is 76.9 Å².